The molecule has 0 aliphatic rings. The summed E-state index contributed by atoms with van der Waals surface area (Å²) in [4.78, 5) is 13.7. The van der Waals surface area contributed by atoms with Gasteiger partial charge >= 0.3 is 0 Å². The van der Waals surface area contributed by atoms with E-state index in [0.717, 1.165) is 6.29 Å². The van der Waals surface area contributed by atoms with Gasteiger partial charge in [0.25, 0.3) is 0 Å². The van der Waals surface area contributed by atoms with Crippen molar-refractivity contribution in [2.75, 3.05) is 0 Å². The standard InChI is InChI=1S/C18H15P.C5H6N2O/c1-4-10-16(11-5-1)19(17-12-6-2-7-13-17)18-14-8-3-9-15-18;1-7-2-5(3-8)6-4-7/h1-15H;2-4H,1H3. The summed E-state index contributed by atoms with van der Waals surface area (Å²) >= 11 is 0. The second-order valence-electron chi connectivity index (χ2n) is 5.92. The smallest absolute Gasteiger partial charge is 0.169 e. The molecule has 0 spiro atoms. The summed E-state index contributed by atoms with van der Waals surface area (Å²) in [6, 6.07) is 32.3. The fourth-order valence-corrected chi connectivity index (χ4v) is 4.98. The van der Waals surface area contributed by atoms with E-state index < -0.39 is 7.92 Å². The van der Waals surface area contributed by atoms with Crippen LogP contribution in [0.5, 0.6) is 0 Å². The highest BCUT2D eigenvalue weighted by Crippen LogP contribution is 2.32. The Labute approximate surface area is 161 Å². The second-order valence-corrected chi connectivity index (χ2v) is 8.14. The quantitative estimate of drug-likeness (QED) is 0.405. The minimum absolute atomic E-state index is 0.446. The number of aromatic nitrogens is 2. The summed E-state index contributed by atoms with van der Waals surface area (Å²) in [5.41, 5.74) is 0.479. The first-order valence-electron chi connectivity index (χ1n) is 8.66. The van der Waals surface area contributed by atoms with Crippen LogP contribution in [0.4, 0.5) is 0 Å². The number of carbonyl (C=O) groups excluding carboxylic acids is 1. The molecule has 27 heavy (non-hydrogen) atoms. The fraction of sp³-hybridized carbons (Fsp3) is 0.0435. The number of hydrogen-bond donors (Lipinski definition) is 0. The molecule has 0 atom stereocenters. The molecule has 0 N–H and O–H groups in total. The van der Waals surface area contributed by atoms with E-state index in [1.54, 1.807) is 17.1 Å². The highest BCUT2D eigenvalue weighted by Gasteiger charge is 2.14. The molecule has 4 rings (SSSR count). The van der Waals surface area contributed by atoms with Gasteiger partial charge in [0.15, 0.2) is 6.29 Å². The van der Waals surface area contributed by atoms with Crippen molar-refractivity contribution in [3.63, 3.8) is 0 Å². The lowest BCUT2D eigenvalue weighted by Crippen LogP contribution is -2.20. The summed E-state index contributed by atoms with van der Waals surface area (Å²) in [6.07, 6.45) is 3.97. The highest BCUT2D eigenvalue weighted by molar-refractivity contribution is 7.79. The Bertz CT molecular complexity index is 859. The molecule has 4 aromatic rings. The van der Waals surface area contributed by atoms with Crippen LogP contribution >= 0.6 is 7.92 Å². The van der Waals surface area contributed by atoms with Gasteiger partial charge in [-0.15, -0.1) is 0 Å². The van der Waals surface area contributed by atoms with Crippen LogP contribution in [0.25, 0.3) is 0 Å². The molecule has 3 aromatic carbocycles. The zero-order valence-corrected chi connectivity index (χ0v) is 16.0. The van der Waals surface area contributed by atoms with Crippen LogP contribution in [0.2, 0.25) is 0 Å². The third-order valence-corrected chi connectivity index (χ3v) is 6.33. The van der Waals surface area contributed by atoms with Crippen molar-refractivity contribution < 1.29 is 4.79 Å². The molecule has 0 aliphatic heterocycles. The molecule has 0 bridgehead atoms. The molecule has 1 heterocycles. The van der Waals surface area contributed by atoms with Gasteiger partial charge in [-0.25, -0.2) is 4.98 Å². The largest absolute Gasteiger partial charge is 0.340 e. The maximum absolute atomic E-state index is 9.94. The molecule has 0 saturated heterocycles. The summed E-state index contributed by atoms with van der Waals surface area (Å²) in [5.74, 6) is 0. The number of benzene rings is 3. The van der Waals surface area contributed by atoms with Crippen molar-refractivity contribution in [3.05, 3.63) is 109 Å². The van der Waals surface area contributed by atoms with Crippen molar-refractivity contribution >= 4 is 30.1 Å². The zero-order valence-electron chi connectivity index (χ0n) is 15.1. The summed E-state index contributed by atoms with van der Waals surface area (Å²) in [7, 11) is 1.37. The predicted molar refractivity (Wildman–Crippen MR) is 114 cm³/mol. The molecular weight excluding hydrogens is 351 g/mol. The maximum Gasteiger partial charge on any atom is 0.169 e. The third-order valence-electron chi connectivity index (χ3n) is 3.89. The number of imidazole rings is 1. The van der Waals surface area contributed by atoms with Gasteiger partial charge < -0.3 is 4.57 Å². The van der Waals surface area contributed by atoms with Gasteiger partial charge in [0.2, 0.25) is 0 Å². The van der Waals surface area contributed by atoms with Crippen LogP contribution in [-0.2, 0) is 7.05 Å². The van der Waals surface area contributed by atoms with Crippen LogP contribution < -0.4 is 15.9 Å². The van der Waals surface area contributed by atoms with Gasteiger partial charge in [-0.2, -0.15) is 0 Å². The zero-order chi connectivity index (χ0) is 18.9. The van der Waals surface area contributed by atoms with Crippen molar-refractivity contribution in [2.45, 2.75) is 0 Å². The Morgan fingerprint density at radius 1 is 0.741 bits per heavy atom. The average Bonchev–Trinajstić information content (AvgIpc) is 3.17. The number of rotatable bonds is 4. The predicted octanol–water partition coefficient (Wildman–Crippen LogP) is 3.68. The SMILES string of the molecule is Cn1cnc(C=O)c1.c1ccc(P(c2ccccc2)c2ccccc2)cc1. The molecule has 0 saturated carbocycles. The van der Waals surface area contributed by atoms with Crippen LogP contribution in [0.1, 0.15) is 10.5 Å². The fourth-order valence-electron chi connectivity index (χ4n) is 2.67. The van der Waals surface area contributed by atoms with Crippen molar-refractivity contribution in [1.82, 2.24) is 9.55 Å². The van der Waals surface area contributed by atoms with Crippen LogP contribution in [0.15, 0.2) is 104 Å². The molecule has 0 unspecified atom stereocenters. The Kier molecular flexibility index (Phi) is 6.67. The van der Waals surface area contributed by atoms with Gasteiger partial charge in [-0.3, -0.25) is 4.79 Å². The first kappa shape index (κ1) is 18.8. The van der Waals surface area contributed by atoms with E-state index in [4.69, 9.17) is 0 Å². The van der Waals surface area contributed by atoms with E-state index in [9.17, 15) is 4.79 Å². The average molecular weight is 372 g/mol. The van der Waals surface area contributed by atoms with Gasteiger partial charge in [0.05, 0.1) is 6.33 Å². The molecule has 134 valence electrons. The van der Waals surface area contributed by atoms with E-state index in [0.29, 0.717) is 5.69 Å². The number of aldehydes is 1. The van der Waals surface area contributed by atoms with Crippen LogP contribution in [0.3, 0.4) is 0 Å². The van der Waals surface area contributed by atoms with E-state index >= 15 is 0 Å². The number of nitrogens with zero attached hydrogens (tertiary/aromatic N) is 2. The Hall–Kier alpha value is -3.03. The van der Waals surface area contributed by atoms with Crippen LogP contribution in [0, 0.1) is 0 Å². The summed E-state index contributed by atoms with van der Waals surface area (Å²) in [5, 5.41) is 4.19. The molecular formula is C23H21N2OP. The summed E-state index contributed by atoms with van der Waals surface area (Å²) in [6.45, 7) is 0. The topological polar surface area (TPSA) is 34.9 Å². The van der Waals surface area contributed by atoms with Crippen LogP contribution in [-0.4, -0.2) is 15.8 Å². The number of carbonyl (C=O) groups is 1. The van der Waals surface area contributed by atoms with Gasteiger partial charge in [0, 0.05) is 13.2 Å². The second kappa shape index (κ2) is 9.61. The normalized spacial score (nSPS) is 10.1. The lowest BCUT2D eigenvalue weighted by Gasteiger charge is -2.18. The van der Waals surface area contributed by atoms with Gasteiger partial charge in [0.1, 0.15) is 5.69 Å². The first-order chi connectivity index (χ1) is 13.3. The van der Waals surface area contributed by atoms with Crippen molar-refractivity contribution in [1.29, 1.82) is 0 Å². The number of hydrogen-bond acceptors (Lipinski definition) is 2. The minimum atomic E-state index is -0.446. The molecule has 4 heteroatoms. The maximum atomic E-state index is 9.94. The molecule has 0 radical (unpaired) electrons. The van der Waals surface area contributed by atoms with Gasteiger partial charge in [-0.1, -0.05) is 91.0 Å². The molecule has 0 amide bonds. The number of aryl methyl sites for hydroxylation is 1. The monoisotopic (exact) mass is 372 g/mol. The van der Waals surface area contributed by atoms with Crippen molar-refractivity contribution in [3.8, 4) is 0 Å². The Morgan fingerprint density at radius 3 is 1.41 bits per heavy atom. The summed E-state index contributed by atoms with van der Waals surface area (Å²) < 4.78 is 1.73. The van der Waals surface area contributed by atoms with Crippen molar-refractivity contribution in [2.24, 2.45) is 7.05 Å². The lowest BCUT2D eigenvalue weighted by molar-refractivity contribution is 0.111. The van der Waals surface area contributed by atoms with E-state index in [1.165, 1.54) is 15.9 Å². The first-order valence-corrected chi connectivity index (χ1v) is 10.0. The molecule has 0 aliphatic carbocycles. The van der Waals surface area contributed by atoms with E-state index in [2.05, 4.69) is 96.0 Å². The molecule has 0 fully saturated rings. The lowest BCUT2D eigenvalue weighted by atomic mass is 10.4. The van der Waals surface area contributed by atoms with Gasteiger partial charge in [-0.05, 0) is 23.8 Å². The molecule has 3 nitrogen and oxygen atoms in total. The Balaban J connectivity index is 0.000000221. The van der Waals surface area contributed by atoms with E-state index in [1.807, 2.05) is 7.05 Å². The highest BCUT2D eigenvalue weighted by atomic mass is 31.1. The third kappa shape index (κ3) is 5.22. The molecule has 1 aromatic heterocycles. The Morgan fingerprint density at radius 2 is 1.15 bits per heavy atom. The van der Waals surface area contributed by atoms with E-state index in [-0.39, 0.29) is 0 Å². The minimum Gasteiger partial charge on any atom is -0.340 e.